The van der Waals surface area contributed by atoms with Crippen molar-refractivity contribution in [1.29, 1.82) is 0 Å². The van der Waals surface area contributed by atoms with Crippen LogP contribution in [0.5, 0.6) is 5.75 Å². The molecule has 0 bridgehead atoms. The van der Waals surface area contributed by atoms with Crippen molar-refractivity contribution in [1.82, 2.24) is 0 Å². The summed E-state index contributed by atoms with van der Waals surface area (Å²) in [4.78, 5) is 0. The van der Waals surface area contributed by atoms with Crippen molar-refractivity contribution >= 4 is 11.6 Å². The predicted octanol–water partition coefficient (Wildman–Crippen LogP) is 6.08. The minimum Gasteiger partial charge on any atom is -0.497 e. The van der Waals surface area contributed by atoms with E-state index >= 15 is 0 Å². The molecule has 6 heteroatoms. The number of fused-ring (bicyclic) bond motifs is 5. The molecule has 1 saturated heterocycles. The molecular formula is C31H43ClO5. The first-order chi connectivity index (χ1) is 17.4. The van der Waals surface area contributed by atoms with Gasteiger partial charge in [0.25, 0.3) is 0 Å². The van der Waals surface area contributed by atoms with Crippen LogP contribution >= 0.6 is 11.6 Å². The van der Waals surface area contributed by atoms with Crippen molar-refractivity contribution in [3.63, 3.8) is 0 Å². The molecule has 1 aliphatic heterocycles. The molecule has 4 fully saturated rings. The quantitative estimate of drug-likeness (QED) is 0.463. The molecule has 4 aliphatic carbocycles. The Balaban J connectivity index is 1.41. The first-order valence-corrected chi connectivity index (χ1v) is 14.5. The number of benzene rings is 1. The third-order valence-electron chi connectivity index (χ3n) is 11.0. The third-order valence-corrected chi connectivity index (χ3v) is 11.4. The lowest BCUT2D eigenvalue weighted by molar-refractivity contribution is -0.343. The van der Waals surface area contributed by atoms with E-state index in [9.17, 15) is 10.2 Å². The highest BCUT2D eigenvalue weighted by Crippen LogP contribution is 2.68. The molecule has 0 radical (unpaired) electrons. The first-order valence-electron chi connectivity index (χ1n) is 14.2. The lowest BCUT2D eigenvalue weighted by Gasteiger charge is -2.64. The number of hydrogen-bond acceptors (Lipinski definition) is 5. The zero-order chi connectivity index (χ0) is 26.3. The number of halogens is 1. The average Bonchev–Trinajstić information content (AvgIpc) is 3.17. The van der Waals surface area contributed by atoms with Crippen molar-refractivity contribution in [2.75, 3.05) is 20.3 Å². The maximum absolute atomic E-state index is 12.7. The van der Waals surface area contributed by atoms with Crippen molar-refractivity contribution in [2.45, 2.75) is 96.1 Å². The minimum atomic E-state index is -0.955. The van der Waals surface area contributed by atoms with Crippen LogP contribution < -0.4 is 4.74 Å². The van der Waals surface area contributed by atoms with Crippen LogP contribution in [-0.2, 0) is 15.9 Å². The molecule has 1 aromatic carbocycles. The lowest BCUT2D eigenvalue weighted by atomic mass is 9.45. The van der Waals surface area contributed by atoms with Crippen LogP contribution in [0.25, 0.3) is 0 Å². The second-order valence-electron chi connectivity index (χ2n) is 13.8. The number of aliphatic hydroxyl groups excluding tert-OH is 1. The van der Waals surface area contributed by atoms with Gasteiger partial charge in [-0.25, -0.2) is 0 Å². The zero-order valence-corrected chi connectivity index (χ0v) is 23.6. The van der Waals surface area contributed by atoms with Gasteiger partial charge in [0, 0.05) is 34.1 Å². The molecule has 37 heavy (non-hydrogen) atoms. The van der Waals surface area contributed by atoms with Crippen molar-refractivity contribution in [3.8, 4) is 5.75 Å². The zero-order valence-electron chi connectivity index (χ0n) is 22.8. The van der Waals surface area contributed by atoms with Gasteiger partial charge in [0.2, 0.25) is 0 Å². The molecule has 2 N–H and O–H groups in total. The van der Waals surface area contributed by atoms with Crippen LogP contribution in [-0.4, -0.2) is 48.0 Å². The summed E-state index contributed by atoms with van der Waals surface area (Å²) >= 11 is 6.82. The van der Waals surface area contributed by atoms with Gasteiger partial charge in [0.15, 0.2) is 5.79 Å². The predicted molar refractivity (Wildman–Crippen MR) is 144 cm³/mol. The topological polar surface area (TPSA) is 68.2 Å². The standard InChI is InChI=1S/C31H43ClO5/c1-27(2)18-36-31(37-19-27)14-13-29(16-20-5-6-21(35-4)15-25(20)32)24-10-11-28(3)23(7-8-26(28)33)22(24)9-12-30(29,34)17-31/h5-6,10,15,22-23,26,33-34H,7-9,11-14,16-19H2,1-4H3/t22-,23-,26-,28-,29-,30+/m0/s1. The molecule has 6 rings (SSSR count). The molecule has 1 aromatic rings. The van der Waals surface area contributed by atoms with E-state index in [4.69, 9.17) is 25.8 Å². The summed E-state index contributed by atoms with van der Waals surface area (Å²) in [6, 6.07) is 5.91. The first kappa shape index (κ1) is 26.1. The highest BCUT2D eigenvalue weighted by Gasteiger charge is 2.66. The summed E-state index contributed by atoms with van der Waals surface area (Å²) < 4.78 is 18.3. The average molecular weight is 531 g/mol. The Bertz CT molecular complexity index is 1090. The van der Waals surface area contributed by atoms with E-state index in [0.29, 0.717) is 49.3 Å². The SMILES string of the molecule is COc1ccc(C[C@]23CCC4(C[C@]2(O)CC[C@@H]2C3=CC[C@]3(C)[C@@H](O)CC[C@@H]23)OCC(C)(C)CO4)c(Cl)c1. The second-order valence-corrected chi connectivity index (χ2v) is 14.2. The van der Waals surface area contributed by atoms with E-state index in [0.717, 1.165) is 49.8 Å². The normalized spacial score (nSPS) is 41.9. The van der Waals surface area contributed by atoms with Crippen LogP contribution in [0.2, 0.25) is 5.02 Å². The fourth-order valence-electron chi connectivity index (χ4n) is 8.73. The van der Waals surface area contributed by atoms with E-state index in [1.54, 1.807) is 7.11 Å². The molecule has 6 atom stereocenters. The van der Waals surface area contributed by atoms with E-state index in [-0.39, 0.29) is 16.9 Å². The summed E-state index contributed by atoms with van der Waals surface area (Å²) in [5, 5.41) is 24.3. The van der Waals surface area contributed by atoms with E-state index in [1.165, 1.54) is 5.57 Å². The highest BCUT2D eigenvalue weighted by atomic mass is 35.5. The van der Waals surface area contributed by atoms with Crippen LogP contribution in [0.4, 0.5) is 0 Å². The molecule has 1 spiro atoms. The van der Waals surface area contributed by atoms with Crippen molar-refractivity contribution < 1.29 is 24.4 Å². The molecule has 204 valence electrons. The number of aliphatic hydroxyl groups is 2. The smallest absolute Gasteiger partial charge is 0.171 e. The lowest BCUT2D eigenvalue weighted by Crippen LogP contribution is -2.66. The molecule has 5 aliphatic rings. The summed E-state index contributed by atoms with van der Waals surface area (Å²) in [6.45, 7) is 7.89. The molecule has 0 amide bonds. The Labute approximate surface area is 226 Å². The molecule has 5 nitrogen and oxygen atoms in total. The van der Waals surface area contributed by atoms with E-state index in [1.807, 2.05) is 12.1 Å². The Morgan fingerprint density at radius 3 is 2.51 bits per heavy atom. The van der Waals surface area contributed by atoms with Gasteiger partial charge >= 0.3 is 0 Å². The van der Waals surface area contributed by atoms with Gasteiger partial charge in [-0.1, -0.05) is 50.1 Å². The Morgan fingerprint density at radius 1 is 1.05 bits per heavy atom. The van der Waals surface area contributed by atoms with Crippen LogP contribution in [0.3, 0.4) is 0 Å². The van der Waals surface area contributed by atoms with Gasteiger partial charge in [-0.05, 0) is 74.5 Å². The van der Waals surface area contributed by atoms with Crippen LogP contribution in [0, 0.1) is 28.1 Å². The van der Waals surface area contributed by atoms with Gasteiger partial charge < -0.3 is 24.4 Å². The summed E-state index contributed by atoms with van der Waals surface area (Å²) in [5.41, 5.74) is 0.966. The van der Waals surface area contributed by atoms with Gasteiger partial charge in [0.05, 0.1) is 32.0 Å². The maximum Gasteiger partial charge on any atom is 0.171 e. The fourth-order valence-corrected chi connectivity index (χ4v) is 8.97. The van der Waals surface area contributed by atoms with Gasteiger partial charge in [-0.3, -0.25) is 0 Å². The number of hydrogen-bond donors (Lipinski definition) is 2. The monoisotopic (exact) mass is 530 g/mol. The Kier molecular flexibility index (Phi) is 6.14. The van der Waals surface area contributed by atoms with Gasteiger partial charge in [0.1, 0.15) is 5.75 Å². The molecule has 1 heterocycles. The molecule has 0 aromatic heterocycles. The largest absolute Gasteiger partial charge is 0.497 e. The minimum absolute atomic E-state index is 0.0175. The Hall–Kier alpha value is -1.11. The Morgan fingerprint density at radius 2 is 1.81 bits per heavy atom. The third kappa shape index (κ3) is 3.94. The highest BCUT2D eigenvalue weighted by molar-refractivity contribution is 6.31. The van der Waals surface area contributed by atoms with Gasteiger partial charge in [-0.15, -0.1) is 0 Å². The number of ether oxygens (including phenoxy) is 3. The summed E-state index contributed by atoms with van der Waals surface area (Å²) in [7, 11) is 1.65. The second kappa shape index (κ2) is 8.69. The molecule has 0 unspecified atom stereocenters. The van der Waals surface area contributed by atoms with Crippen LogP contribution in [0.15, 0.2) is 29.8 Å². The molecular weight excluding hydrogens is 488 g/mol. The number of allylic oxidation sites excluding steroid dienone is 1. The van der Waals surface area contributed by atoms with Gasteiger partial charge in [-0.2, -0.15) is 0 Å². The van der Waals surface area contributed by atoms with E-state index in [2.05, 4.69) is 32.9 Å². The molecule has 3 saturated carbocycles. The summed E-state index contributed by atoms with van der Waals surface area (Å²) in [6.07, 6.45) is 9.33. The van der Waals surface area contributed by atoms with Crippen LogP contribution in [0.1, 0.15) is 77.7 Å². The maximum atomic E-state index is 12.7. The van der Waals surface area contributed by atoms with Crippen molar-refractivity contribution in [2.24, 2.45) is 28.1 Å². The number of methoxy groups -OCH3 is 1. The van der Waals surface area contributed by atoms with E-state index < -0.39 is 16.8 Å². The number of rotatable bonds is 3. The fraction of sp³-hybridized carbons (Fsp3) is 0.742. The summed E-state index contributed by atoms with van der Waals surface area (Å²) in [5.74, 6) is 0.853. The van der Waals surface area contributed by atoms with Crippen molar-refractivity contribution in [3.05, 3.63) is 40.4 Å².